The number of benzene rings is 1. The molecule has 0 radical (unpaired) electrons. The Morgan fingerprint density at radius 2 is 2.00 bits per heavy atom. The number of aromatic nitrogens is 2. The largest absolute Gasteiger partial charge is 0.327 e. The highest BCUT2D eigenvalue weighted by Gasteiger charge is 2.47. The second kappa shape index (κ2) is 3.74. The molecule has 0 saturated heterocycles. The fraction of sp³-hybridized carbons (Fsp3) is 0.214. The van der Waals surface area contributed by atoms with E-state index in [0.717, 1.165) is 29.0 Å². The van der Waals surface area contributed by atoms with E-state index >= 15 is 0 Å². The number of allylic oxidation sites excluding steroid dienone is 1. The smallest absolute Gasteiger partial charge is 0.0953 e. The summed E-state index contributed by atoms with van der Waals surface area (Å²) < 4.78 is 2.16. The van der Waals surface area contributed by atoms with Crippen LogP contribution in [-0.2, 0) is 5.54 Å². The number of rotatable bonds is 3. The normalized spacial score (nSPS) is 16.8. The van der Waals surface area contributed by atoms with Crippen LogP contribution in [0, 0.1) is 0 Å². The van der Waals surface area contributed by atoms with E-state index in [1.807, 2.05) is 43.0 Å². The fourth-order valence-electron chi connectivity index (χ4n) is 2.27. The molecule has 2 nitrogen and oxygen atoms in total. The van der Waals surface area contributed by atoms with Crippen molar-refractivity contribution >= 4 is 17.2 Å². The molecule has 1 aromatic heterocycles. The highest BCUT2D eigenvalue weighted by molar-refractivity contribution is 6.30. The zero-order valence-corrected chi connectivity index (χ0v) is 10.2. The van der Waals surface area contributed by atoms with Gasteiger partial charge in [-0.3, -0.25) is 0 Å². The van der Waals surface area contributed by atoms with Crippen molar-refractivity contribution in [3.8, 4) is 0 Å². The molecule has 1 saturated carbocycles. The molecule has 0 atom stereocenters. The number of imidazole rings is 1. The van der Waals surface area contributed by atoms with Gasteiger partial charge in [-0.15, -0.1) is 0 Å². The molecule has 1 aliphatic carbocycles. The minimum Gasteiger partial charge on any atom is -0.327 e. The predicted octanol–water partition coefficient (Wildman–Crippen LogP) is 3.74. The lowest BCUT2D eigenvalue weighted by Gasteiger charge is -2.20. The van der Waals surface area contributed by atoms with Gasteiger partial charge in [-0.05, 0) is 36.1 Å². The zero-order valence-electron chi connectivity index (χ0n) is 9.44. The third kappa shape index (κ3) is 1.69. The van der Waals surface area contributed by atoms with Crippen LogP contribution in [0.2, 0.25) is 5.02 Å². The molecule has 0 aliphatic heterocycles. The third-order valence-corrected chi connectivity index (χ3v) is 3.73. The third-order valence-electron chi connectivity index (χ3n) is 3.48. The summed E-state index contributed by atoms with van der Waals surface area (Å²) in [5.74, 6) is 0. The van der Waals surface area contributed by atoms with E-state index in [2.05, 4.69) is 16.1 Å². The number of nitrogens with zero attached hydrogens (tertiary/aromatic N) is 2. The maximum Gasteiger partial charge on any atom is 0.0953 e. The molecule has 0 N–H and O–H groups in total. The molecule has 0 spiro atoms. The topological polar surface area (TPSA) is 17.8 Å². The van der Waals surface area contributed by atoms with Crippen molar-refractivity contribution in [3.05, 3.63) is 60.2 Å². The van der Waals surface area contributed by atoms with Crippen molar-refractivity contribution in [2.24, 2.45) is 0 Å². The number of halogens is 1. The highest BCUT2D eigenvalue weighted by Crippen LogP contribution is 2.52. The van der Waals surface area contributed by atoms with Crippen LogP contribution in [0.5, 0.6) is 0 Å². The van der Waals surface area contributed by atoms with Gasteiger partial charge in [0.05, 0.1) is 11.9 Å². The van der Waals surface area contributed by atoms with E-state index in [1.54, 1.807) is 0 Å². The van der Waals surface area contributed by atoms with Crippen LogP contribution in [0.1, 0.15) is 18.4 Å². The van der Waals surface area contributed by atoms with Gasteiger partial charge in [0.2, 0.25) is 0 Å². The summed E-state index contributed by atoms with van der Waals surface area (Å²) in [7, 11) is 0. The molecule has 17 heavy (non-hydrogen) atoms. The molecular weight excluding hydrogens is 232 g/mol. The van der Waals surface area contributed by atoms with Gasteiger partial charge in [-0.2, -0.15) is 0 Å². The van der Waals surface area contributed by atoms with Crippen LogP contribution in [0.3, 0.4) is 0 Å². The minimum atomic E-state index is 0.0460. The zero-order chi connectivity index (χ0) is 11.9. The van der Waals surface area contributed by atoms with Gasteiger partial charge in [0.25, 0.3) is 0 Å². The number of hydrogen-bond donors (Lipinski definition) is 0. The molecule has 3 heteroatoms. The molecule has 3 rings (SSSR count). The second-order valence-corrected chi connectivity index (χ2v) is 4.92. The summed E-state index contributed by atoms with van der Waals surface area (Å²) in [6.07, 6.45) is 7.95. The average molecular weight is 245 g/mol. The molecule has 2 aromatic rings. The lowest BCUT2D eigenvalue weighted by Crippen LogP contribution is -2.16. The van der Waals surface area contributed by atoms with Crippen LogP contribution in [-0.4, -0.2) is 9.55 Å². The van der Waals surface area contributed by atoms with Gasteiger partial charge in [0.1, 0.15) is 0 Å². The Hall–Kier alpha value is -1.54. The Morgan fingerprint density at radius 1 is 1.29 bits per heavy atom. The van der Waals surface area contributed by atoms with Crippen molar-refractivity contribution < 1.29 is 0 Å². The van der Waals surface area contributed by atoms with E-state index in [4.69, 9.17) is 11.6 Å². The second-order valence-electron chi connectivity index (χ2n) is 4.49. The standard InChI is InChI=1S/C14H13ClN2/c1-11(12-2-4-13(15)5-3-12)14(6-7-14)17-9-8-16-10-17/h2-5,8-10H,1,6-7H2. The molecule has 1 aromatic carbocycles. The summed E-state index contributed by atoms with van der Waals surface area (Å²) in [5.41, 5.74) is 2.34. The van der Waals surface area contributed by atoms with E-state index < -0.39 is 0 Å². The van der Waals surface area contributed by atoms with Crippen molar-refractivity contribution in [2.45, 2.75) is 18.4 Å². The van der Waals surface area contributed by atoms with Crippen LogP contribution >= 0.6 is 11.6 Å². The van der Waals surface area contributed by atoms with E-state index in [1.165, 1.54) is 0 Å². The van der Waals surface area contributed by atoms with Crippen LogP contribution in [0.25, 0.3) is 5.57 Å². The monoisotopic (exact) mass is 244 g/mol. The van der Waals surface area contributed by atoms with E-state index in [0.29, 0.717) is 0 Å². The van der Waals surface area contributed by atoms with Gasteiger partial charge in [0, 0.05) is 17.4 Å². The Bertz CT molecular complexity index is 536. The first-order valence-electron chi connectivity index (χ1n) is 5.66. The quantitative estimate of drug-likeness (QED) is 0.804. The van der Waals surface area contributed by atoms with Gasteiger partial charge in [-0.25, -0.2) is 4.98 Å². The minimum absolute atomic E-state index is 0.0460. The van der Waals surface area contributed by atoms with Crippen molar-refractivity contribution in [3.63, 3.8) is 0 Å². The Morgan fingerprint density at radius 3 is 2.53 bits per heavy atom. The highest BCUT2D eigenvalue weighted by atomic mass is 35.5. The summed E-state index contributed by atoms with van der Waals surface area (Å²) in [6, 6.07) is 7.88. The lowest BCUT2D eigenvalue weighted by atomic mass is 9.98. The molecule has 0 amide bonds. The molecule has 1 heterocycles. The van der Waals surface area contributed by atoms with Gasteiger partial charge < -0.3 is 4.57 Å². The van der Waals surface area contributed by atoms with Crippen molar-refractivity contribution in [2.75, 3.05) is 0 Å². The van der Waals surface area contributed by atoms with Crippen LogP contribution < -0.4 is 0 Å². The van der Waals surface area contributed by atoms with Crippen molar-refractivity contribution in [1.29, 1.82) is 0 Å². The molecule has 86 valence electrons. The van der Waals surface area contributed by atoms with Gasteiger partial charge in [-0.1, -0.05) is 30.3 Å². The first-order valence-corrected chi connectivity index (χ1v) is 6.04. The summed E-state index contributed by atoms with van der Waals surface area (Å²) in [5, 5.41) is 0.758. The fourth-order valence-corrected chi connectivity index (χ4v) is 2.39. The number of hydrogen-bond acceptors (Lipinski definition) is 1. The Balaban J connectivity index is 1.95. The maximum atomic E-state index is 5.90. The summed E-state index contributed by atoms with van der Waals surface area (Å²) in [4.78, 5) is 4.12. The first-order chi connectivity index (χ1) is 8.22. The van der Waals surface area contributed by atoms with Crippen LogP contribution in [0.15, 0.2) is 49.6 Å². The SMILES string of the molecule is C=C(c1ccc(Cl)cc1)C1(n2ccnc2)CC1. The maximum absolute atomic E-state index is 5.90. The first kappa shape index (κ1) is 10.6. The van der Waals surface area contributed by atoms with Gasteiger partial charge in [0.15, 0.2) is 0 Å². The summed E-state index contributed by atoms with van der Waals surface area (Å²) >= 11 is 5.90. The average Bonchev–Trinajstić information content (AvgIpc) is 2.97. The summed E-state index contributed by atoms with van der Waals surface area (Å²) in [6.45, 7) is 4.25. The van der Waals surface area contributed by atoms with Crippen molar-refractivity contribution in [1.82, 2.24) is 9.55 Å². The Kier molecular flexibility index (Phi) is 2.33. The predicted molar refractivity (Wildman–Crippen MR) is 69.9 cm³/mol. The van der Waals surface area contributed by atoms with E-state index in [-0.39, 0.29) is 5.54 Å². The molecular formula is C14H13ClN2. The van der Waals surface area contributed by atoms with Gasteiger partial charge >= 0.3 is 0 Å². The van der Waals surface area contributed by atoms with Crippen LogP contribution in [0.4, 0.5) is 0 Å². The lowest BCUT2D eigenvalue weighted by molar-refractivity contribution is 0.613. The molecule has 1 fully saturated rings. The molecule has 0 unspecified atom stereocenters. The van der Waals surface area contributed by atoms with E-state index in [9.17, 15) is 0 Å². The molecule has 0 bridgehead atoms. The molecule has 1 aliphatic rings. The Labute approximate surface area is 106 Å².